The zero-order valence-corrected chi connectivity index (χ0v) is 90.4. The summed E-state index contributed by atoms with van der Waals surface area (Å²) in [4.78, 5) is 90.9. The first-order chi connectivity index (χ1) is 69.3. The lowest BCUT2D eigenvalue weighted by Crippen LogP contribution is -2.53. The zero-order chi connectivity index (χ0) is 103. The van der Waals surface area contributed by atoms with Crippen LogP contribution in [0.15, 0.2) is 266 Å². The molecule has 44 heteroatoms. The van der Waals surface area contributed by atoms with E-state index in [4.69, 9.17) is 39.5 Å². The molecule has 5 N–H and O–H groups in total. The molecule has 0 aliphatic carbocycles. The fourth-order valence-electron chi connectivity index (χ4n) is 18.0. The smallest absolute Gasteiger partial charge is 0.263 e. The van der Waals surface area contributed by atoms with Gasteiger partial charge in [0.15, 0.2) is 37.9 Å². The summed E-state index contributed by atoms with van der Waals surface area (Å²) in [5.74, 6) is -0.871. The van der Waals surface area contributed by atoms with E-state index in [1.54, 1.807) is 119 Å². The third-order valence-corrected chi connectivity index (χ3v) is 40.0. The first-order valence-corrected chi connectivity index (χ1v) is 59.6. The van der Waals surface area contributed by atoms with Crippen LogP contribution in [0.2, 0.25) is 31.7 Å². The predicted octanol–water partition coefficient (Wildman–Crippen LogP) is 19.5. The van der Waals surface area contributed by atoms with Gasteiger partial charge in [0, 0.05) is 169 Å². The van der Waals surface area contributed by atoms with Crippen molar-refractivity contribution < 1.29 is 80.4 Å². The lowest BCUT2D eigenvalue weighted by atomic mass is 9.89. The number of halogens is 4. The molecule has 31 nitrogen and oxygen atoms in total. The van der Waals surface area contributed by atoms with E-state index in [-0.39, 0.29) is 112 Å². The lowest BCUT2D eigenvalue weighted by Gasteiger charge is -2.37. The molecule has 0 radical (unpaired) electrons. The molecule has 4 fully saturated rings. The van der Waals surface area contributed by atoms with Gasteiger partial charge < -0.3 is 53.7 Å². The number of aromatic nitrogens is 6. The van der Waals surface area contributed by atoms with Crippen molar-refractivity contribution in [1.82, 2.24) is 49.1 Å². The van der Waals surface area contributed by atoms with E-state index in [0.717, 1.165) is 73.8 Å². The van der Waals surface area contributed by atoms with Crippen molar-refractivity contribution in [2.75, 3.05) is 107 Å². The zero-order valence-electron chi connectivity index (χ0n) is 80.5. The molecular formula is C101H124Cl3FN16O15S8Si. The molecule has 18 rings (SSSR count). The summed E-state index contributed by atoms with van der Waals surface area (Å²) < 4.78 is 130. The summed E-state index contributed by atoms with van der Waals surface area (Å²) in [7, 11) is -15.1. The van der Waals surface area contributed by atoms with Crippen LogP contribution in [0.25, 0.3) is 21.8 Å². The largest absolute Gasteiger partial charge is 0.484 e. The molecule has 0 spiro atoms. The Morgan fingerprint density at radius 1 is 0.531 bits per heavy atom. The Bertz CT molecular complexity index is 7260. The number of thiazole rings is 4. The highest BCUT2D eigenvalue weighted by atomic mass is 35.5. The summed E-state index contributed by atoms with van der Waals surface area (Å²) in [6, 6.07) is 55.0. The number of rotatable bonds is 31. The number of carbonyl (C=O) groups excluding carboxylic acids is 5. The second-order valence-electron chi connectivity index (χ2n) is 35.8. The van der Waals surface area contributed by atoms with Crippen molar-refractivity contribution >= 4 is 213 Å². The molecule has 0 unspecified atom stereocenters. The Hall–Kier alpha value is -11.6. The minimum atomic E-state index is -3.77. The van der Waals surface area contributed by atoms with Gasteiger partial charge in [0.05, 0.1) is 47.2 Å². The number of sulfonamides is 3. The van der Waals surface area contributed by atoms with Gasteiger partial charge in [0.1, 0.15) is 35.4 Å². The highest BCUT2D eigenvalue weighted by Gasteiger charge is 2.36. The van der Waals surface area contributed by atoms with E-state index in [1.165, 1.54) is 106 Å². The molecule has 8 aromatic carbocycles. The number of hydrogen-bond acceptors (Lipinski definition) is 25. The third-order valence-electron chi connectivity index (χ3n) is 25.1. The second kappa shape index (κ2) is 49.8. The molecule has 4 saturated heterocycles. The number of nitrogens with one attached hydrogen (secondary N) is 4. The number of piperidine rings is 1. The number of amides is 5. The molecule has 4 aliphatic rings. The topological polar surface area (TPSA) is 380 Å². The Morgan fingerprint density at radius 2 is 1.06 bits per heavy atom. The van der Waals surface area contributed by atoms with Crippen molar-refractivity contribution in [1.29, 1.82) is 0 Å². The standard InChI is InChI=1S/C25H26N4O4S2.C24H23N5O4S2.C22H21ClFN3O4S2.C21H20Cl2N4O3S2.C9H22Si.6H2/c30-23(17-29-11-9-19-3-1-2-4-22(19)29)25(31)28-14-12-27(13-15-28)20-5-7-21(8-6-20)35(32,33)18-24-26-10-16-34-24;1-17-14-18-4-2-3-5-21(18)29(17)16-22(30)27-11-12-28(23(31)15-27)19-6-8-20(9-7-19)35(32,33)26-24-25-10-13-34-24;23-19-13-17(3-6-20(19)24)31-14-21(28)27-10-7-16(8-11-27)15-1-4-18(5-2-15)33(29,30)26-22-25-9-12-32-22;22-17-3-1-2-14(19(17)23)8-10-24-18-9-12-27(20(18)28)15-4-6-16(7-5-15)32(29,30)26-21-25-11-13-31-21;1-7(2)10(8(3)4)9(5)6;;;;;;/h1-11,16,23,30H,12-15,17-18H2;2-10,13-14H,11-12,15-16H2,1H3,(H,25,26);1-6,9,12-13,16H,7-8,10-11,14H2,(H,25,26);1-7,11,13,18,24H,8-10,12H2,(H,25,26);7-10H,1-6H3;6*1H/t23-;;;18-;;;;;;;/m1..0......./s1. The fourth-order valence-corrected chi connectivity index (χ4v) is 30.9. The molecule has 145 heavy (non-hydrogen) atoms. The van der Waals surface area contributed by atoms with E-state index in [2.05, 4.69) is 85.9 Å². The van der Waals surface area contributed by atoms with Gasteiger partial charge in [-0.15, -0.1) is 45.3 Å². The van der Waals surface area contributed by atoms with Crippen LogP contribution in [-0.4, -0.2) is 212 Å². The van der Waals surface area contributed by atoms with Gasteiger partial charge in [-0.25, -0.2) is 58.0 Å². The average Bonchev–Trinajstić information content (AvgIpc) is 1.60. The van der Waals surface area contributed by atoms with Crippen LogP contribution in [0.5, 0.6) is 5.75 Å². The first-order valence-electron chi connectivity index (χ1n) is 46.9. The highest BCUT2D eigenvalue weighted by molar-refractivity contribution is 7.93. The third kappa shape index (κ3) is 28.9. The molecule has 10 heterocycles. The number of fused-ring (bicyclic) bond motifs is 2. The molecule has 14 aromatic rings. The van der Waals surface area contributed by atoms with E-state index in [0.29, 0.717) is 121 Å². The molecule has 2 atom stereocenters. The maximum absolute atomic E-state index is 13.2. The normalized spacial score (nSPS) is 15.1. The number of ether oxygens (including phenoxy) is 1. The summed E-state index contributed by atoms with van der Waals surface area (Å²) >= 11 is 22.9. The summed E-state index contributed by atoms with van der Waals surface area (Å²) in [6.45, 7) is 21.7. The number of nitrogens with zero attached hydrogens (tertiary/aromatic N) is 12. The Balaban J connectivity index is 0.000000234. The van der Waals surface area contributed by atoms with Gasteiger partial charge >= 0.3 is 0 Å². The number of benzene rings is 8. The van der Waals surface area contributed by atoms with Gasteiger partial charge in [-0.1, -0.05) is 154 Å². The fraction of sp³-hybridized carbons (Fsp3) is 0.317. The number of carbonyl (C=O) groups is 5. The highest BCUT2D eigenvalue weighted by Crippen LogP contribution is 2.36. The SMILES string of the molecule is CC(C)[SiH](C(C)C)C(C)C.Cc1cc2ccccc2n1CC(=O)N1CCN(c2ccc(S(=O)(=O)Nc3nccs3)cc2)C(=O)C1.O=C(COc1ccc(F)c(Cl)c1)N1CCC(c2ccc(S(=O)(=O)Nc3nccs3)cc2)CC1.O=C([C@H](O)Cn1ccc2ccccc21)N1CCN(c2ccc(S(=O)(=O)Cc3nccs3)cc2)CC1.O=C1[C@@H](NCCc2cccc(Cl)c2Cl)CCN1c1ccc(S(=O)(=O)Nc2nccs2)cc1.[HH].[HH].[HH].[HH].[HH].[HH]. The average molecular weight is 2210 g/mol. The van der Waals surface area contributed by atoms with E-state index >= 15 is 0 Å². The number of sulfone groups is 1. The van der Waals surface area contributed by atoms with Crippen molar-refractivity contribution in [2.24, 2.45) is 0 Å². The molecular weight excluding hydrogens is 2090 g/mol. The number of anilines is 6. The quantitative estimate of drug-likeness (QED) is 0.0252. The van der Waals surface area contributed by atoms with Crippen molar-refractivity contribution in [3.63, 3.8) is 0 Å². The Labute approximate surface area is 885 Å². The van der Waals surface area contributed by atoms with Crippen molar-refractivity contribution in [2.45, 2.75) is 147 Å². The molecule has 4 aliphatic heterocycles. The van der Waals surface area contributed by atoms with Crippen molar-refractivity contribution in [3.8, 4) is 5.75 Å². The Morgan fingerprint density at radius 3 is 1.59 bits per heavy atom. The van der Waals surface area contributed by atoms with E-state index in [9.17, 15) is 67.1 Å². The van der Waals surface area contributed by atoms with Crippen LogP contribution >= 0.6 is 80.1 Å². The Kier molecular flexibility index (Phi) is 37.5. The molecule has 0 bridgehead atoms. The lowest BCUT2D eigenvalue weighted by molar-refractivity contribution is -0.141. The van der Waals surface area contributed by atoms with Crippen LogP contribution in [0.3, 0.4) is 0 Å². The summed E-state index contributed by atoms with van der Waals surface area (Å²) in [6.07, 6.45) is 9.80. The van der Waals surface area contributed by atoms with Gasteiger partial charge in [-0.2, -0.15) is 0 Å². The minimum Gasteiger partial charge on any atom is -0.484 e. The number of aryl methyl sites for hydroxylation is 1. The molecule has 0 saturated carbocycles. The summed E-state index contributed by atoms with van der Waals surface area (Å²) in [5, 5.41) is 25.3. The molecule has 5 amide bonds. The van der Waals surface area contributed by atoms with E-state index < -0.39 is 60.6 Å². The molecule has 778 valence electrons. The molecule has 6 aromatic heterocycles. The first kappa shape index (κ1) is 109. The number of hydrogen-bond donors (Lipinski definition) is 5. The second-order valence-corrected chi connectivity index (χ2v) is 52.8. The number of aliphatic hydroxyl groups is 1. The number of likely N-dealkylation sites (tertiary alicyclic amines) is 1. The van der Waals surface area contributed by atoms with Crippen LogP contribution in [0, 0.1) is 12.7 Å². The minimum absolute atomic E-state index is 0. The van der Waals surface area contributed by atoms with Gasteiger partial charge in [0.2, 0.25) is 17.7 Å². The number of aliphatic hydroxyl groups excluding tert-OH is 1. The monoisotopic (exact) mass is 2210 g/mol. The van der Waals surface area contributed by atoms with Crippen molar-refractivity contribution in [3.05, 3.63) is 289 Å². The van der Waals surface area contributed by atoms with Gasteiger partial charge in [-0.05, 0) is 194 Å². The van der Waals surface area contributed by atoms with Crippen LogP contribution in [0.1, 0.15) is 97.1 Å². The number of para-hydroxylation sites is 2. The van der Waals surface area contributed by atoms with Crippen LogP contribution < -0.4 is 38.9 Å². The van der Waals surface area contributed by atoms with E-state index in [1.807, 2.05) is 107 Å². The van der Waals surface area contributed by atoms with Crippen LogP contribution in [-0.2, 0) is 89.1 Å². The van der Waals surface area contributed by atoms with Crippen LogP contribution in [0.4, 0.5) is 36.8 Å². The maximum atomic E-state index is 13.2. The van der Waals surface area contributed by atoms with Gasteiger partial charge in [-0.3, -0.25) is 38.1 Å². The predicted molar refractivity (Wildman–Crippen MR) is 589 cm³/mol. The summed E-state index contributed by atoms with van der Waals surface area (Å²) in [5.41, 5.74) is 10.00. The number of piperazine rings is 2. The maximum Gasteiger partial charge on any atom is 0.263 e. The van der Waals surface area contributed by atoms with Gasteiger partial charge in [0.25, 0.3) is 41.9 Å².